The summed E-state index contributed by atoms with van der Waals surface area (Å²) in [5, 5.41) is 9.32. The van der Waals surface area contributed by atoms with Crippen LogP contribution >= 0.6 is 23.4 Å². The second-order valence-corrected chi connectivity index (χ2v) is 6.60. The number of aromatic nitrogens is 3. The maximum absolute atomic E-state index is 11.1. The Morgan fingerprint density at radius 2 is 2.08 bits per heavy atom. The van der Waals surface area contributed by atoms with Crippen LogP contribution in [0.1, 0.15) is 41.1 Å². The van der Waals surface area contributed by atoms with Gasteiger partial charge < -0.3 is 10.2 Å². The topological polar surface area (TPSA) is 94.9 Å². The number of nitrogens with two attached hydrogens (primary N) is 1. The molecule has 2 heterocycles. The molecule has 0 fully saturated rings. The normalized spacial score (nSPS) is 12.1. The molecule has 0 saturated heterocycles. The summed E-state index contributed by atoms with van der Waals surface area (Å²) >= 11 is 7.28. The molecule has 3 rings (SSSR count). The first kappa shape index (κ1) is 17.4. The van der Waals surface area contributed by atoms with Crippen LogP contribution in [0.25, 0.3) is 0 Å². The fourth-order valence-electron chi connectivity index (χ4n) is 2.36. The third kappa shape index (κ3) is 4.00. The predicted molar refractivity (Wildman–Crippen MR) is 94.8 cm³/mol. The smallest absolute Gasteiger partial charge is 0.283 e. The van der Waals surface area contributed by atoms with Crippen LogP contribution in [0.4, 0.5) is 0 Å². The van der Waals surface area contributed by atoms with Gasteiger partial charge in [-0.3, -0.25) is 4.79 Å². The molecule has 2 N–H and O–H groups in total. The Hall–Kier alpha value is -2.38. The second-order valence-electron chi connectivity index (χ2n) is 5.26. The van der Waals surface area contributed by atoms with E-state index in [2.05, 4.69) is 22.1 Å². The number of hydrogen-bond acceptors (Lipinski definition) is 6. The minimum Gasteiger partial charge on any atom is -0.415 e. The maximum atomic E-state index is 11.1. The number of pyridine rings is 1. The van der Waals surface area contributed by atoms with Gasteiger partial charge >= 0.3 is 0 Å². The van der Waals surface area contributed by atoms with Crippen molar-refractivity contribution in [1.29, 1.82) is 0 Å². The number of halogens is 1. The molecule has 6 nitrogen and oxygen atoms in total. The molecule has 1 unspecified atom stereocenters. The van der Waals surface area contributed by atoms with Gasteiger partial charge in [0.1, 0.15) is 5.03 Å². The van der Waals surface area contributed by atoms with Crippen molar-refractivity contribution in [3.8, 4) is 0 Å². The van der Waals surface area contributed by atoms with E-state index in [4.69, 9.17) is 21.8 Å². The van der Waals surface area contributed by atoms with Gasteiger partial charge in [-0.1, -0.05) is 48.9 Å². The first-order chi connectivity index (χ1) is 12.1. The summed E-state index contributed by atoms with van der Waals surface area (Å²) in [6, 6.07) is 11.5. The highest BCUT2D eigenvalue weighted by molar-refractivity contribution is 7.99. The zero-order valence-corrected chi connectivity index (χ0v) is 14.9. The first-order valence-electron chi connectivity index (χ1n) is 7.60. The van der Waals surface area contributed by atoms with E-state index in [-0.39, 0.29) is 11.5 Å². The Balaban J connectivity index is 1.81. The lowest BCUT2D eigenvalue weighted by Crippen LogP contribution is -2.11. The number of benzene rings is 1. The van der Waals surface area contributed by atoms with Crippen molar-refractivity contribution in [1.82, 2.24) is 15.2 Å². The summed E-state index contributed by atoms with van der Waals surface area (Å²) in [7, 11) is 0. The molecule has 3 aromatic rings. The van der Waals surface area contributed by atoms with E-state index in [0.29, 0.717) is 21.2 Å². The molecule has 0 bridgehead atoms. The average molecular weight is 375 g/mol. The highest BCUT2D eigenvalue weighted by Crippen LogP contribution is 2.33. The molecule has 0 radical (unpaired) electrons. The number of nitrogens with zero attached hydrogens (tertiary/aromatic N) is 3. The van der Waals surface area contributed by atoms with Crippen molar-refractivity contribution in [3.05, 3.63) is 64.6 Å². The first-order valence-corrected chi connectivity index (χ1v) is 8.79. The number of hydrogen-bond donors (Lipinski definition) is 1. The molecule has 1 amide bonds. The van der Waals surface area contributed by atoms with E-state index in [1.807, 2.05) is 30.3 Å². The van der Waals surface area contributed by atoms with E-state index in [9.17, 15) is 4.79 Å². The number of rotatable bonds is 6. The number of primary amides is 1. The molecule has 0 aliphatic rings. The van der Waals surface area contributed by atoms with E-state index in [1.165, 1.54) is 12.3 Å². The minimum atomic E-state index is -0.584. The average Bonchev–Trinajstić information content (AvgIpc) is 3.06. The van der Waals surface area contributed by atoms with E-state index in [0.717, 1.165) is 23.7 Å². The monoisotopic (exact) mass is 374 g/mol. The van der Waals surface area contributed by atoms with Gasteiger partial charge in [0.05, 0.1) is 16.5 Å². The summed E-state index contributed by atoms with van der Waals surface area (Å²) in [4.78, 5) is 15.3. The number of carbonyl (C=O) groups excluding carboxylic acids is 1. The van der Waals surface area contributed by atoms with Crippen LogP contribution < -0.4 is 5.73 Å². The van der Waals surface area contributed by atoms with Gasteiger partial charge in [-0.05, 0) is 29.8 Å². The predicted octanol–water partition coefficient (Wildman–Crippen LogP) is 3.91. The minimum absolute atomic E-state index is 0.0312. The van der Waals surface area contributed by atoms with Crippen LogP contribution in [0.5, 0.6) is 0 Å². The van der Waals surface area contributed by atoms with Gasteiger partial charge in [-0.15, -0.1) is 10.2 Å². The van der Waals surface area contributed by atoms with Crippen LogP contribution in [-0.2, 0) is 0 Å². The highest BCUT2D eigenvalue weighted by Gasteiger charge is 2.20. The van der Waals surface area contributed by atoms with Crippen molar-refractivity contribution < 1.29 is 9.21 Å². The van der Waals surface area contributed by atoms with E-state index in [1.54, 1.807) is 0 Å². The molecule has 8 heteroatoms. The van der Waals surface area contributed by atoms with Gasteiger partial charge in [0.15, 0.2) is 0 Å². The third-order valence-electron chi connectivity index (χ3n) is 3.61. The summed E-state index contributed by atoms with van der Waals surface area (Å²) < 4.78 is 5.78. The molecule has 0 aliphatic heterocycles. The van der Waals surface area contributed by atoms with Gasteiger partial charge in [0, 0.05) is 6.20 Å². The Morgan fingerprint density at radius 1 is 1.32 bits per heavy atom. The zero-order valence-electron chi connectivity index (χ0n) is 13.3. The lowest BCUT2D eigenvalue weighted by Gasteiger charge is -2.10. The second kappa shape index (κ2) is 7.67. The third-order valence-corrected chi connectivity index (χ3v) is 4.86. The van der Waals surface area contributed by atoms with Crippen molar-refractivity contribution in [3.63, 3.8) is 0 Å². The van der Waals surface area contributed by atoms with Crippen LogP contribution in [-0.4, -0.2) is 21.1 Å². The summed E-state index contributed by atoms with van der Waals surface area (Å²) in [6.45, 7) is 2.07. The summed E-state index contributed by atoms with van der Waals surface area (Å²) in [5.74, 6) is -0.00975. The molecular formula is C17H15ClN4O2S. The molecule has 2 aromatic heterocycles. The summed E-state index contributed by atoms with van der Waals surface area (Å²) in [5.41, 5.74) is 6.57. The molecular weight excluding hydrogens is 360 g/mol. The number of amides is 1. The quantitative estimate of drug-likeness (QED) is 0.702. The fraction of sp³-hybridized carbons (Fsp3) is 0.176. The van der Waals surface area contributed by atoms with E-state index >= 15 is 0 Å². The standard InChI is InChI=1S/C17H15ClN4O2S/c1-2-12(10-6-4-3-5-7-10)15-21-22-17(24-15)25-16-13(18)8-11(9-20-16)14(19)23/h3-9,12H,2H2,1H3,(H2,19,23). The van der Waals surface area contributed by atoms with Crippen LogP contribution in [0.15, 0.2) is 57.3 Å². The molecule has 1 aromatic carbocycles. The SMILES string of the molecule is CCC(c1ccccc1)c1nnc(Sc2ncc(C(N)=O)cc2Cl)o1. The Kier molecular flexibility index (Phi) is 5.35. The largest absolute Gasteiger partial charge is 0.415 e. The molecule has 0 saturated carbocycles. The Morgan fingerprint density at radius 3 is 2.72 bits per heavy atom. The molecule has 0 aliphatic carbocycles. The maximum Gasteiger partial charge on any atom is 0.283 e. The molecule has 25 heavy (non-hydrogen) atoms. The van der Waals surface area contributed by atoms with Crippen molar-refractivity contribution >= 4 is 29.3 Å². The van der Waals surface area contributed by atoms with E-state index < -0.39 is 5.91 Å². The van der Waals surface area contributed by atoms with Gasteiger partial charge in [0.2, 0.25) is 11.8 Å². The van der Waals surface area contributed by atoms with Crippen LogP contribution in [0, 0.1) is 0 Å². The fourth-order valence-corrected chi connectivity index (χ4v) is 3.28. The lowest BCUT2D eigenvalue weighted by atomic mass is 9.97. The number of carbonyl (C=O) groups is 1. The van der Waals surface area contributed by atoms with Crippen molar-refractivity contribution in [2.24, 2.45) is 5.73 Å². The van der Waals surface area contributed by atoms with Gasteiger partial charge in [-0.25, -0.2) is 4.98 Å². The van der Waals surface area contributed by atoms with Gasteiger partial charge in [0.25, 0.3) is 5.22 Å². The zero-order chi connectivity index (χ0) is 17.8. The summed E-state index contributed by atoms with van der Waals surface area (Å²) in [6.07, 6.45) is 2.20. The van der Waals surface area contributed by atoms with Gasteiger partial charge in [-0.2, -0.15) is 0 Å². The molecule has 0 spiro atoms. The van der Waals surface area contributed by atoms with Crippen LogP contribution in [0.2, 0.25) is 5.02 Å². The van der Waals surface area contributed by atoms with Crippen LogP contribution in [0.3, 0.4) is 0 Å². The van der Waals surface area contributed by atoms with Crippen molar-refractivity contribution in [2.75, 3.05) is 0 Å². The Labute approximate surface area is 153 Å². The molecule has 1 atom stereocenters. The van der Waals surface area contributed by atoms with Crippen molar-refractivity contribution in [2.45, 2.75) is 29.5 Å². The highest BCUT2D eigenvalue weighted by atomic mass is 35.5. The lowest BCUT2D eigenvalue weighted by molar-refractivity contribution is 0.1000. The molecule has 128 valence electrons. The Bertz CT molecular complexity index is 885.